The van der Waals surface area contributed by atoms with Crippen LogP contribution in [0.1, 0.15) is 37.6 Å². The van der Waals surface area contributed by atoms with Gasteiger partial charge < -0.3 is 4.74 Å². The fourth-order valence-electron chi connectivity index (χ4n) is 1.95. The Morgan fingerprint density at radius 3 is 2.92 bits per heavy atom. The van der Waals surface area contributed by atoms with E-state index in [2.05, 4.69) is 39.9 Å². The van der Waals surface area contributed by atoms with Crippen molar-refractivity contribution in [1.29, 1.82) is 0 Å². The van der Waals surface area contributed by atoms with Crippen LogP contribution in [0.5, 0.6) is 5.75 Å². The normalized spacial score (nSPS) is 10.6. The van der Waals surface area contributed by atoms with E-state index in [0.717, 1.165) is 6.42 Å². The fourth-order valence-corrected chi connectivity index (χ4v) is 2.14. The van der Waals surface area contributed by atoms with Crippen LogP contribution in [0.4, 0.5) is 5.95 Å². The van der Waals surface area contributed by atoms with Crippen LogP contribution in [-0.2, 0) is 6.54 Å². The SMILES string of the molecule is CCCOc1cccc(C(=O)NC(=S)Nc2nnn(CC(C)C)n2)c1. The number of amides is 1. The van der Waals surface area contributed by atoms with Crippen LogP contribution in [0, 0.1) is 5.92 Å². The standard InChI is InChI=1S/C16H22N6O2S/c1-4-8-24-13-7-5-6-12(9-13)14(23)17-16(25)18-15-19-21-22(20-15)10-11(2)3/h5-7,9,11H,4,8,10H2,1-3H3,(H2,17,18,20,23,25). The van der Waals surface area contributed by atoms with Gasteiger partial charge in [0, 0.05) is 5.56 Å². The van der Waals surface area contributed by atoms with Crippen molar-refractivity contribution in [3.05, 3.63) is 29.8 Å². The van der Waals surface area contributed by atoms with Crippen molar-refractivity contribution in [3.63, 3.8) is 0 Å². The lowest BCUT2D eigenvalue weighted by atomic mass is 10.2. The van der Waals surface area contributed by atoms with Gasteiger partial charge in [0.2, 0.25) is 0 Å². The average molecular weight is 362 g/mol. The van der Waals surface area contributed by atoms with Crippen LogP contribution in [-0.4, -0.2) is 37.8 Å². The third-order valence-electron chi connectivity index (χ3n) is 3.00. The number of hydrogen-bond donors (Lipinski definition) is 2. The van der Waals surface area contributed by atoms with Gasteiger partial charge in [-0.2, -0.15) is 4.80 Å². The second-order valence-electron chi connectivity index (χ2n) is 5.85. The summed E-state index contributed by atoms with van der Waals surface area (Å²) >= 11 is 5.12. The van der Waals surface area contributed by atoms with Crippen LogP contribution >= 0.6 is 12.2 Å². The maximum Gasteiger partial charge on any atom is 0.269 e. The molecule has 0 aliphatic heterocycles. The molecular formula is C16H22N6O2S. The Kier molecular flexibility index (Phi) is 6.81. The zero-order valence-corrected chi connectivity index (χ0v) is 15.3. The number of carbonyl (C=O) groups excluding carboxylic acids is 1. The van der Waals surface area contributed by atoms with Crippen molar-refractivity contribution < 1.29 is 9.53 Å². The summed E-state index contributed by atoms with van der Waals surface area (Å²) in [6.07, 6.45) is 0.898. The minimum Gasteiger partial charge on any atom is -0.494 e. The zero-order valence-electron chi connectivity index (χ0n) is 14.5. The highest BCUT2D eigenvalue weighted by molar-refractivity contribution is 7.80. The maximum absolute atomic E-state index is 12.3. The zero-order chi connectivity index (χ0) is 18.2. The van der Waals surface area contributed by atoms with E-state index in [9.17, 15) is 4.79 Å². The molecule has 2 aromatic rings. The molecule has 0 saturated carbocycles. The molecule has 0 radical (unpaired) electrons. The van der Waals surface area contributed by atoms with E-state index in [-0.39, 0.29) is 17.0 Å². The van der Waals surface area contributed by atoms with E-state index in [1.54, 1.807) is 24.3 Å². The Morgan fingerprint density at radius 2 is 2.20 bits per heavy atom. The molecule has 0 fully saturated rings. The van der Waals surface area contributed by atoms with Gasteiger partial charge in [-0.05, 0) is 48.0 Å². The van der Waals surface area contributed by atoms with E-state index in [4.69, 9.17) is 17.0 Å². The predicted molar refractivity (Wildman–Crippen MR) is 98.6 cm³/mol. The van der Waals surface area contributed by atoms with E-state index in [1.165, 1.54) is 4.80 Å². The van der Waals surface area contributed by atoms with Gasteiger partial charge in [-0.25, -0.2) is 0 Å². The summed E-state index contributed by atoms with van der Waals surface area (Å²) in [6.45, 7) is 7.38. The number of carbonyl (C=O) groups is 1. The lowest BCUT2D eigenvalue weighted by Gasteiger charge is -2.08. The van der Waals surface area contributed by atoms with Crippen molar-refractivity contribution >= 4 is 29.2 Å². The van der Waals surface area contributed by atoms with Crippen molar-refractivity contribution in [2.75, 3.05) is 11.9 Å². The van der Waals surface area contributed by atoms with Crippen molar-refractivity contribution in [2.24, 2.45) is 5.92 Å². The highest BCUT2D eigenvalue weighted by Gasteiger charge is 2.11. The Morgan fingerprint density at radius 1 is 1.40 bits per heavy atom. The Hall–Kier alpha value is -2.55. The summed E-state index contributed by atoms with van der Waals surface area (Å²) in [4.78, 5) is 13.7. The quantitative estimate of drug-likeness (QED) is 0.730. The van der Waals surface area contributed by atoms with Gasteiger partial charge in [-0.3, -0.25) is 15.4 Å². The molecule has 1 heterocycles. The van der Waals surface area contributed by atoms with Gasteiger partial charge in [0.05, 0.1) is 13.2 Å². The number of hydrogen-bond acceptors (Lipinski definition) is 6. The molecule has 25 heavy (non-hydrogen) atoms. The van der Waals surface area contributed by atoms with E-state index >= 15 is 0 Å². The van der Waals surface area contributed by atoms with Gasteiger partial charge in [-0.1, -0.05) is 31.9 Å². The molecule has 0 spiro atoms. The summed E-state index contributed by atoms with van der Waals surface area (Å²) in [5.74, 6) is 0.947. The summed E-state index contributed by atoms with van der Waals surface area (Å²) in [5, 5.41) is 17.3. The first kappa shape index (κ1) is 18.8. The molecule has 8 nitrogen and oxygen atoms in total. The Labute approximate surface area is 151 Å². The predicted octanol–water partition coefficient (Wildman–Crippen LogP) is 2.24. The Balaban J connectivity index is 1.91. The summed E-state index contributed by atoms with van der Waals surface area (Å²) in [6, 6.07) is 6.92. The second kappa shape index (κ2) is 9.07. The smallest absolute Gasteiger partial charge is 0.269 e. The number of rotatable bonds is 7. The fraction of sp³-hybridized carbons (Fsp3) is 0.438. The molecule has 0 aliphatic carbocycles. The number of nitrogens with one attached hydrogen (secondary N) is 2. The van der Waals surface area contributed by atoms with Crippen LogP contribution in [0.2, 0.25) is 0 Å². The van der Waals surface area contributed by atoms with Gasteiger partial charge in [-0.15, -0.1) is 5.10 Å². The van der Waals surface area contributed by atoms with Gasteiger partial charge in [0.15, 0.2) is 5.11 Å². The average Bonchev–Trinajstić information content (AvgIpc) is 2.99. The maximum atomic E-state index is 12.3. The molecular weight excluding hydrogens is 340 g/mol. The number of thiocarbonyl (C=S) groups is 1. The molecule has 0 unspecified atom stereocenters. The first-order valence-electron chi connectivity index (χ1n) is 8.11. The molecule has 1 amide bonds. The number of benzene rings is 1. The van der Waals surface area contributed by atoms with Crippen LogP contribution in [0.25, 0.3) is 0 Å². The van der Waals surface area contributed by atoms with Gasteiger partial charge >= 0.3 is 0 Å². The van der Waals surface area contributed by atoms with E-state index in [1.807, 2.05) is 6.92 Å². The van der Waals surface area contributed by atoms with Crippen molar-refractivity contribution in [2.45, 2.75) is 33.7 Å². The first-order valence-corrected chi connectivity index (χ1v) is 8.51. The molecule has 0 atom stereocenters. The highest BCUT2D eigenvalue weighted by Crippen LogP contribution is 2.13. The molecule has 2 N–H and O–H groups in total. The topological polar surface area (TPSA) is 94.0 Å². The first-order chi connectivity index (χ1) is 12.0. The van der Waals surface area contributed by atoms with Crippen LogP contribution in [0.15, 0.2) is 24.3 Å². The third-order valence-corrected chi connectivity index (χ3v) is 3.21. The molecule has 9 heteroatoms. The Bertz CT molecular complexity index is 731. The summed E-state index contributed by atoms with van der Waals surface area (Å²) < 4.78 is 5.52. The minimum atomic E-state index is -0.339. The van der Waals surface area contributed by atoms with Crippen molar-refractivity contribution in [1.82, 2.24) is 25.5 Å². The lowest BCUT2D eigenvalue weighted by Crippen LogP contribution is -2.34. The van der Waals surface area contributed by atoms with Crippen LogP contribution in [0.3, 0.4) is 0 Å². The van der Waals surface area contributed by atoms with Crippen molar-refractivity contribution in [3.8, 4) is 5.75 Å². The number of aromatic nitrogens is 4. The highest BCUT2D eigenvalue weighted by atomic mass is 32.1. The molecule has 1 aromatic heterocycles. The summed E-state index contributed by atoms with van der Waals surface area (Å²) in [7, 11) is 0. The molecule has 134 valence electrons. The van der Waals surface area contributed by atoms with Gasteiger partial charge in [0.25, 0.3) is 11.9 Å². The molecule has 1 aromatic carbocycles. The number of tetrazole rings is 1. The van der Waals surface area contributed by atoms with E-state index < -0.39 is 0 Å². The lowest BCUT2D eigenvalue weighted by molar-refractivity contribution is 0.0977. The minimum absolute atomic E-state index is 0.106. The van der Waals surface area contributed by atoms with Gasteiger partial charge in [0.1, 0.15) is 5.75 Å². The summed E-state index contributed by atoms with van der Waals surface area (Å²) in [5.41, 5.74) is 0.453. The third kappa shape index (κ3) is 6.11. The number of anilines is 1. The number of nitrogens with zero attached hydrogens (tertiary/aromatic N) is 4. The van der Waals surface area contributed by atoms with Crippen LogP contribution < -0.4 is 15.4 Å². The molecule has 0 saturated heterocycles. The monoisotopic (exact) mass is 362 g/mol. The largest absolute Gasteiger partial charge is 0.494 e. The van der Waals surface area contributed by atoms with E-state index in [0.29, 0.717) is 30.4 Å². The number of ether oxygens (including phenoxy) is 1. The molecule has 0 aliphatic rings. The second-order valence-corrected chi connectivity index (χ2v) is 6.25. The molecule has 0 bridgehead atoms. The molecule has 2 rings (SSSR count).